The number of hydrogen-bond acceptors (Lipinski definition) is 2. The van der Waals surface area contributed by atoms with Crippen molar-refractivity contribution in [2.45, 2.75) is 19.0 Å². The molecule has 2 fully saturated rings. The zero-order valence-electron chi connectivity index (χ0n) is 8.40. The van der Waals surface area contributed by atoms with Gasteiger partial charge in [0.1, 0.15) is 0 Å². The molecule has 1 aromatic rings. The molecule has 0 amide bonds. The smallest absolute Gasteiger partial charge is 0.0367 e. The van der Waals surface area contributed by atoms with E-state index in [2.05, 4.69) is 36.5 Å². The summed E-state index contributed by atoms with van der Waals surface area (Å²) < 4.78 is 0. The molecule has 2 nitrogen and oxygen atoms in total. The lowest BCUT2D eigenvalue weighted by Crippen LogP contribution is -2.25. The van der Waals surface area contributed by atoms with Gasteiger partial charge in [0.05, 0.1) is 0 Å². The molecule has 1 aliphatic heterocycles. The number of benzene rings is 1. The zero-order valence-corrected chi connectivity index (χ0v) is 8.40. The molecule has 2 aliphatic rings. The lowest BCUT2D eigenvalue weighted by atomic mass is 10.0. The predicted octanol–water partition coefficient (Wildman–Crippen LogP) is 1.21. The molecule has 3 N–H and O–H groups in total. The van der Waals surface area contributed by atoms with Crippen LogP contribution in [0.2, 0.25) is 0 Å². The molecule has 1 aromatic carbocycles. The van der Waals surface area contributed by atoms with E-state index in [1.54, 1.807) is 0 Å². The van der Waals surface area contributed by atoms with E-state index in [-0.39, 0.29) is 0 Å². The molecule has 1 aliphatic carbocycles. The Morgan fingerprint density at radius 3 is 2.93 bits per heavy atom. The van der Waals surface area contributed by atoms with Gasteiger partial charge in [-0.3, -0.25) is 0 Å². The Bertz CT molecular complexity index is 361. The maximum Gasteiger partial charge on any atom is 0.0367 e. The van der Waals surface area contributed by atoms with E-state index >= 15 is 0 Å². The lowest BCUT2D eigenvalue weighted by Gasteiger charge is -2.15. The van der Waals surface area contributed by atoms with Gasteiger partial charge in [0.15, 0.2) is 0 Å². The third-order valence-electron chi connectivity index (χ3n) is 3.65. The van der Waals surface area contributed by atoms with Gasteiger partial charge in [-0.1, -0.05) is 29.8 Å². The molecule has 2 heteroatoms. The molecule has 1 saturated heterocycles. The number of fused-ring (bicyclic) bond motifs is 1. The van der Waals surface area contributed by atoms with E-state index in [1.807, 2.05) is 0 Å². The fraction of sp³-hybridized carbons (Fsp3) is 0.500. The van der Waals surface area contributed by atoms with Crippen LogP contribution >= 0.6 is 0 Å². The normalized spacial score (nSPS) is 39.6. The summed E-state index contributed by atoms with van der Waals surface area (Å²) in [6.45, 7) is 3.24. The highest BCUT2D eigenvalue weighted by atomic mass is 15.1. The van der Waals surface area contributed by atoms with Crippen LogP contribution in [-0.4, -0.2) is 12.6 Å². The van der Waals surface area contributed by atoms with Crippen LogP contribution < -0.4 is 11.1 Å². The van der Waals surface area contributed by atoms with Gasteiger partial charge in [0.25, 0.3) is 0 Å². The quantitative estimate of drug-likeness (QED) is 0.695. The fourth-order valence-corrected chi connectivity index (χ4v) is 2.77. The average molecular weight is 188 g/mol. The van der Waals surface area contributed by atoms with Crippen molar-refractivity contribution in [3.8, 4) is 0 Å². The molecule has 3 rings (SSSR count). The summed E-state index contributed by atoms with van der Waals surface area (Å²) in [6.07, 6.45) is 0. The summed E-state index contributed by atoms with van der Waals surface area (Å²) in [5.41, 5.74) is 8.74. The topological polar surface area (TPSA) is 38.0 Å². The summed E-state index contributed by atoms with van der Waals surface area (Å²) in [7, 11) is 0. The highest BCUT2D eigenvalue weighted by Crippen LogP contribution is 2.50. The van der Waals surface area contributed by atoms with Crippen LogP contribution in [0, 0.1) is 18.8 Å². The summed E-state index contributed by atoms with van der Waals surface area (Å²) >= 11 is 0. The van der Waals surface area contributed by atoms with Crippen molar-refractivity contribution in [2.24, 2.45) is 17.6 Å². The average Bonchev–Trinajstić information content (AvgIpc) is 2.64. The van der Waals surface area contributed by atoms with Crippen LogP contribution in [0.5, 0.6) is 0 Å². The first-order valence-electron chi connectivity index (χ1n) is 5.33. The third kappa shape index (κ3) is 1.11. The van der Waals surface area contributed by atoms with Gasteiger partial charge < -0.3 is 11.1 Å². The standard InChI is InChI=1S/C12H16N2/c1-7-3-2-4-8(5-7)12-10-9(6-14-12)11(10)13/h2-5,9-12,14H,6,13H2,1H3. The van der Waals surface area contributed by atoms with Crippen molar-refractivity contribution in [3.63, 3.8) is 0 Å². The minimum Gasteiger partial charge on any atom is -0.327 e. The fourth-order valence-electron chi connectivity index (χ4n) is 2.77. The largest absolute Gasteiger partial charge is 0.327 e. The van der Waals surface area contributed by atoms with Crippen molar-refractivity contribution >= 4 is 0 Å². The van der Waals surface area contributed by atoms with Crippen LogP contribution in [-0.2, 0) is 0 Å². The molecule has 4 atom stereocenters. The molecule has 0 spiro atoms. The molecule has 1 saturated carbocycles. The molecule has 0 aromatic heterocycles. The van der Waals surface area contributed by atoms with Crippen LogP contribution in [0.1, 0.15) is 17.2 Å². The molecular formula is C12H16N2. The van der Waals surface area contributed by atoms with E-state index in [0.29, 0.717) is 18.0 Å². The Labute approximate surface area is 84.5 Å². The third-order valence-corrected chi connectivity index (χ3v) is 3.65. The van der Waals surface area contributed by atoms with Gasteiger partial charge in [0.2, 0.25) is 0 Å². The van der Waals surface area contributed by atoms with Crippen LogP contribution in [0.4, 0.5) is 0 Å². The zero-order chi connectivity index (χ0) is 9.71. The second-order valence-electron chi connectivity index (χ2n) is 4.62. The van der Waals surface area contributed by atoms with Gasteiger partial charge in [-0.25, -0.2) is 0 Å². The van der Waals surface area contributed by atoms with Crippen molar-refractivity contribution in [3.05, 3.63) is 35.4 Å². The number of rotatable bonds is 1. The van der Waals surface area contributed by atoms with E-state index in [9.17, 15) is 0 Å². The summed E-state index contributed by atoms with van der Waals surface area (Å²) in [6, 6.07) is 9.70. The first kappa shape index (κ1) is 8.45. The highest BCUT2D eigenvalue weighted by Gasteiger charge is 2.56. The minimum absolute atomic E-state index is 0.446. The Hall–Kier alpha value is -0.860. The predicted molar refractivity (Wildman–Crippen MR) is 56.9 cm³/mol. The first-order chi connectivity index (χ1) is 6.77. The molecule has 0 bridgehead atoms. The van der Waals surface area contributed by atoms with E-state index in [1.165, 1.54) is 11.1 Å². The Morgan fingerprint density at radius 2 is 2.29 bits per heavy atom. The van der Waals surface area contributed by atoms with Gasteiger partial charge >= 0.3 is 0 Å². The van der Waals surface area contributed by atoms with Gasteiger partial charge in [-0.15, -0.1) is 0 Å². The van der Waals surface area contributed by atoms with Crippen molar-refractivity contribution < 1.29 is 0 Å². The highest BCUT2D eigenvalue weighted by molar-refractivity contribution is 5.30. The molecule has 1 heterocycles. The van der Waals surface area contributed by atoms with Crippen LogP contribution in [0.3, 0.4) is 0 Å². The van der Waals surface area contributed by atoms with Gasteiger partial charge in [0, 0.05) is 18.6 Å². The molecular weight excluding hydrogens is 172 g/mol. The molecule has 0 radical (unpaired) electrons. The number of piperidine rings is 1. The summed E-state index contributed by atoms with van der Waals surface area (Å²) in [4.78, 5) is 0. The van der Waals surface area contributed by atoms with E-state index < -0.39 is 0 Å². The maximum atomic E-state index is 6.00. The van der Waals surface area contributed by atoms with Crippen LogP contribution in [0.25, 0.3) is 0 Å². The Balaban J connectivity index is 1.89. The van der Waals surface area contributed by atoms with E-state index in [4.69, 9.17) is 5.73 Å². The molecule has 4 unspecified atom stereocenters. The van der Waals surface area contributed by atoms with Crippen molar-refractivity contribution in [2.75, 3.05) is 6.54 Å². The first-order valence-corrected chi connectivity index (χ1v) is 5.33. The maximum absolute atomic E-state index is 6.00. The SMILES string of the molecule is Cc1cccc(C2NCC3C(N)C23)c1. The molecule has 14 heavy (non-hydrogen) atoms. The van der Waals surface area contributed by atoms with Gasteiger partial charge in [-0.05, 0) is 24.3 Å². The van der Waals surface area contributed by atoms with Crippen molar-refractivity contribution in [1.82, 2.24) is 5.32 Å². The second kappa shape index (κ2) is 2.81. The summed E-state index contributed by atoms with van der Waals surface area (Å²) in [5.74, 6) is 1.43. The van der Waals surface area contributed by atoms with Gasteiger partial charge in [-0.2, -0.15) is 0 Å². The minimum atomic E-state index is 0.446. The lowest BCUT2D eigenvalue weighted by molar-refractivity contribution is 0.536. The van der Waals surface area contributed by atoms with Crippen LogP contribution in [0.15, 0.2) is 24.3 Å². The molecule has 74 valence electrons. The number of nitrogens with one attached hydrogen (secondary N) is 1. The number of nitrogens with two attached hydrogens (primary N) is 1. The second-order valence-corrected chi connectivity index (χ2v) is 4.62. The number of hydrogen-bond donors (Lipinski definition) is 2. The van der Waals surface area contributed by atoms with Crippen molar-refractivity contribution in [1.29, 1.82) is 0 Å². The number of aryl methyl sites for hydroxylation is 1. The Morgan fingerprint density at radius 1 is 1.43 bits per heavy atom. The Kier molecular flexibility index (Phi) is 1.70. The monoisotopic (exact) mass is 188 g/mol. The van der Waals surface area contributed by atoms with E-state index in [0.717, 1.165) is 12.5 Å². The summed E-state index contributed by atoms with van der Waals surface area (Å²) in [5, 5.41) is 3.55.